The Bertz CT molecular complexity index is 411. The van der Waals surface area contributed by atoms with Crippen LogP contribution in [0.1, 0.15) is 17.7 Å². The third-order valence-corrected chi connectivity index (χ3v) is 3.54. The Hall–Kier alpha value is -1.20. The van der Waals surface area contributed by atoms with E-state index in [9.17, 15) is 0 Å². The summed E-state index contributed by atoms with van der Waals surface area (Å²) in [4.78, 5) is 11.2. The molecule has 1 fully saturated rings. The largest absolute Gasteiger partial charge is 0.383 e. The molecule has 0 unspecified atom stereocenters. The average molecular weight is 251 g/mol. The number of ether oxygens (including phenoxy) is 2. The SMILES string of the molecule is COC[C@@H]1C[C@@H](OC)CN1c1ncc(C)c(C)n1. The number of hydrogen-bond donors (Lipinski definition) is 0. The van der Waals surface area contributed by atoms with Crippen LogP contribution in [0.15, 0.2) is 6.20 Å². The van der Waals surface area contributed by atoms with Gasteiger partial charge in [0.15, 0.2) is 0 Å². The Kier molecular flexibility index (Phi) is 4.14. The summed E-state index contributed by atoms with van der Waals surface area (Å²) in [6.07, 6.45) is 3.07. The van der Waals surface area contributed by atoms with Crippen LogP contribution in [0.25, 0.3) is 0 Å². The Labute approximate surface area is 108 Å². The maximum Gasteiger partial charge on any atom is 0.225 e. The molecule has 1 aliphatic heterocycles. The van der Waals surface area contributed by atoms with Crippen LogP contribution < -0.4 is 4.90 Å². The maximum absolute atomic E-state index is 5.44. The smallest absolute Gasteiger partial charge is 0.225 e. The molecule has 1 aromatic heterocycles. The Morgan fingerprint density at radius 2 is 2.17 bits per heavy atom. The van der Waals surface area contributed by atoms with Crippen LogP contribution >= 0.6 is 0 Å². The highest BCUT2D eigenvalue weighted by Gasteiger charge is 2.33. The van der Waals surface area contributed by atoms with Crippen LogP contribution in [0, 0.1) is 13.8 Å². The predicted molar refractivity (Wildman–Crippen MR) is 69.9 cm³/mol. The van der Waals surface area contributed by atoms with E-state index in [1.807, 2.05) is 20.0 Å². The summed E-state index contributed by atoms with van der Waals surface area (Å²) in [7, 11) is 3.47. The lowest BCUT2D eigenvalue weighted by molar-refractivity contribution is 0.111. The highest BCUT2D eigenvalue weighted by molar-refractivity contribution is 5.36. The van der Waals surface area contributed by atoms with Crippen LogP contribution in [0.3, 0.4) is 0 Å². The molecule has 100 valence electrons. The van der Waals surface area contributed by atoms with Crippen LogP contribution in [-0.2, 0) is 9.47 Å². The highest BCUT2D eigenvalue weighted by Crippen LogP contribution is 2.24. The molecule has 0 N–H and O–H groups in total. The van der Waals surface area contributed by atoms with E-state index < -0.39 is 0 Å². The number of anilines is 1. The van der Waals surface area contributed by atoms with Crippen LogP contribution in [0.2, 0.25) is 0 Å². The van der Waals surface area contributed by atoms with Gasteiger partial charge in [-0.3, -0.25) is 0 Å². The van der Waals surface area contributed by atoms with Gasteiger partial charge in [-0.15, -0.1) is 0 Å². The summed E-state index contributed by atoms with van der Waals surface area (Å²) in [5, 5.41) is 0. The van der Waals surface area contributed by atoms with Crippen molar-refractivity contribution in [1.29, 1.82) is 0 Å². The molecule has 1 saturated heterocycles. The van der Waals surface area contributed by atoms with Gasteiger partial charge in [0, 0.05) is 32.7 Å². The zero-order valence-electron chi connectivity index (χ0n) is 11.5. The fourth-order valence-corrected chi connectivity index (χ4v) is 2.29. The third-order valence-electron chi connectivity index (χ3n) is 3.54. The van der Waals surface area contributed by atoms with E-state index >= 15 is 0 Å². The van der Waals surface area contributed by atoms with Crippen molar-refractivity contribution in [3.05, 3.63) is 17.5 Å². The van der Waals surface area contributed by atoms with Crippen LogP contribution in [0.4, 0.5) is 5.95 Å². The van der Waals surface area contributed by atoms with Crippen molar-refractivity contribution >= 4 is 5.95 Å². The summed E-state index contributed by atoms with van der Waals surface area (Å²) < 4.78 is 10.7. The lowest BCUT2D eigenvalue weighted by atomic mass is 10.2. The van der Waals surface area contributed by atoms with Gasteiger partial charge >= 0.3 is 0 Å². The molecule has 5 heteroatoms. The molecule has 0 amide bonds. The number of methoxy groups -OCH3 is 2. The monoisotopic (exact) mass is 251 g/mol. The first kappa shape index (κ1) is 13.2. The van der Waals surface area contributed by atoms with Crippen molar-refractivity contribution < 1.29 is 9.47 Å². The van der Waals surface area contributed by atoms with E-state index in [1.54, 1.807) is 14.2 Å². The lowest BCUT2D eigenvalue weighted by Crippen LogP contribution is -2.34. The Balaban J connectivity index is 2.20. The first-order valence-corrected chi connectivity index (χ1v) is 6.24. The lowest BCUT2D eigenvalue weighted by Gasteiger charge is -2.24. The summed E-state index contributed by atoms with van der Waals surface area (Å²) >= 11 is 0. The summed E-state index contributed by atoms with van der Waals surface area (Å²) in [6.45, 7) is 5.53. The molecule has 1 aromatic rings. The number of hydrogen-bond acceptors (Lipinski definition) is 5. The molecule has 2 heterocycles. The minimum atomic E-state index is 0.232. The van der Waals surface area contributed by atoms with E-state index in [0.717, 1.165) is 30.2 Å². The quantitative estimate of drug-likeness (QED) is 0.808. The van der Waals surface area contributed by atoms with E-state index in [0.29, 0.717) is 12.6 Å². The molecule has 2 atom stereocenters. The number of rotatable bonds is 4. The number of nitrogens with zero attached hydrogens (tertiary/aromatic N) is 3. The predicted octanol–water partition coefficient (Wildman–Crippen LogP) is 1.33. The molecular weight excluding hydrogens is 230 g/mol. The second kappa shape index (κ2) is 5.63. The minimum absolute atomic E-state index is 0.232. The number of aromatic nitrogens is 2. The fraction of sp³-hybridized carbons (Fsp3) is 0.692. The van der Waals surface area contributed by atoms with Gasteiger partial charge in [0.25, 0.3) is 0 Å². The van der Waals surface area contributed by atoms with E-state index in [2.05, 4.69) is 14.9 Å². The molecule has 0 radical (unpaired) electrons. The van der Waals surface area contributed by atoms with E-state index in [-0.39, 0.29) is 6.10 Å². The van der Waals surface area contributed by atoms with Crippen LogP contribution in [-0.4, -0.2) is 49.5 Å². The van der Waals surface area contributed by atoms with Crippen LogP contribution in [0.5, 0.6) is 0 Å². The first-order chi connectivity index (χ1) is 8.65. The van der Waals surface area contributed by atoms with Crippen molar-refractivity contribution in [3.63, 3.8) is 0 Å². The standard InChI is InChI=1S/C13H21N3O2/c1-9-6-14-13(15-10(9)2)16-7-12(18-4)5-11(16)8-17-3/h6,11-12H,5,7-8H2,1-4H3/t11-,12+/m0/s1. The van der Waals surface area contributed by atoms with Crippen molar-refractivity contribution in [1.82, 2.24) is 9.97 Å². The molecule has 2 rings (SSSR count). The summed E-state index contributed by atoms with van der Waals surface area (Å²) in [5.74, 6) is 0.778. The molecule has 0 bridgehead atoms. The molecule has 0 saturated carbocycles. The second-order valence-corrected chi connectivity index (χ2v) is 4.79. The van der Waals surface area contributed by atoms with Crippen molar-refractivity contribution in [2.45, 2.75) is 32.4 Å². The minimum Gasteiger partial charge on any atom is -0.383 e. The van der Waals surface area contributed by atoms with Gasteiger partial charge in [0.1, 0.15) is 0 Å². The van der Waals surface area contributed by atoms with Gasteiger partial charge in [-0.2, -0.15) is 0 Å². The summed E-state index contributed by atoms with van der Waals surface area (Å²) in [6, 6.07) is 0.294. The highest BCUT2D eigenvalue weighted by atomic mass is 16.5. The molecule has 0 aliphatic carbocycles. The molecule has 18 heavy (non-hydrogen) atoms. The Morgan fingerprint density at radius 1 is 1.39 bits per heavy atom. The molecule has 5 nitrogen and oxygen atoms in total. The summed E-state index contributed by atoms with van der Waals surface area (Å²) in [5.41, 5.74) is 2.14. The molecule has 0 spiro atoms. The number of aryl methyl sites for hydroxylation is 2. The molecular formula is C13H21N3O2. The van der Waals surface area contributed by atoms with Crippen molar-refractivity contribution in [2.24, 2.45) is 0 Å². The normalized spacial score (nSPS) is 23.7. The van der Waals surface area contributed by atoms with E-state index in [1.165, 1.54) is 0 Å². The van der Waals surface area contributed by atoms with Gasteiger partial charge in [-0.05, 0) is 25.8 Å². The van der Waals surface area contributed by atoms with Gasteiger partial charge < -0.3 is 14.4 Å². The van der Waals surface area contributed by atoms with Crippen molar-refractivity contribution in [2.75, 3.05) is 32.3 Å². The molecule has 1 aliphatic rings. The topological polar surface area (TPSA) is 47.5 Å². The zero-order chi connectivity index (χ0) is 13.1. The van der Waals surface area contributed by atoms with Gasteiger partial charge in [0.2, 0.25) is 5.95 Å². The van der Waals surface area contributed by atoms with E-state index in [4.69, 9.17) is 9.47 Å². The van der Waals surface area contributed by atoms with Crippen molar-refractivity contribution in [3.8, 4) is 0 Å². The van der Waals surface area contributed by atoms with Gasteiger partial charge in [0.05, 0.1) is 18.8 Å². The van der Waals surface area contributed by atoms with Gasteiger partial charge in [-0.1, -0.05) is 0 Å². The average Bonchev–Trinajstić information content (AvgIpc) is 2.76. The van der Waals surface area contributed by atoms with Gasteiger partial charge in [-0.25, -0.2) is 9.97 Å². The Morgan fingerprint density at radius 3 is 2.78 bits per heavy atom. The third kappa shape index (κ3) is 2.62. The second-order valence-electron chi connectivity index (χ2n) is 4.79. The fourth-order valence-electron chi connectivity index (χ4n) is 2.29. The zero-order valence-corrected chi connectivity index (χ0v) is 11.5. The molecule has 0 aromatic carbocycles. The maximum atomic E-state index is 5.44. The first-order valence-electron chi connectivity index (χ1n) is 6.24.